The number of carbonyl (C=O) groups is 1. The molecule has 0 unspecified atom stereocenters. The minimum atomic E-state index is -0.272. The van der Waals surface area contributed by atoms with Crippen LogP contribution in [-0.2, 0) is 4.79 Å². The first kappa shape index (κ1) is 12.6. The van der Waals surface area contributed by atoms with E-state index >= 15 is 0 Å². The van der Waals surface area contributed by atoms with Gasteiger partial charge in [-0.25, -0.2) is 0 Å². The van der Waals surface area contributed by atoms with E-state index in [0.717, 1.165) is 32.1 Å². The molecule has 1 fully saturated rings. The molecule has 0 aromatic carbocycles. The van der Waals surface area contributed by atoms with Gasteiger partial charge in [-0.3, -0.25) is 4.79 Å². The molecule has 0 saturated heterocycles. The molecular weight excluding hydrogens is 212 g/mol. The summed E-state index contributed by atoms with van der Waals surface area (Å²) in [6, 6.07) is 0. The summed E-state index contributed by atoms with van der Waals surface area (Å²) in [5, 5.41) is 10.4. The Hall–Kier alpha value is -0.890. The average Bonchev–Trinajstić information content (AvgIpc) is 2.27. The lowest BCUT2D eigenvalue weighted by atomic mass is 9.61. The van der Waals surface area contributed by atoms with E-state index in [0.29, 0.717) is 6.42 Å². The van der Waals surface area contributed by atoms with Crippen molar-refractivity contribution in [3.63, 3.8) is 0 Å². The molecule has 2 rings (SSSR count). The predicted octanol–water partition coefficient (Wildman–Crippen LogP) is 3.16. The summed E-state index contributed by atoms with van der Waals surface area (Å²) in [7, 11) is 0. The monoisotopic (exact) mass is 234 g/mol. The van der Waals surface area contributed by atoms with Gasteiger partial charge in [-0.2, -0.15) is 0 Å². The molecule has 0 spiro atoms. The SMILES string of the molecule is CC(C)=CC[C@@]12CCC(=O)C=C1CCC[C@H]2O. The molecule has 0 heterocycles. The van der Waals surface area contributed by atoms with Crippen molar-refractivity contribution >= 4 is 5.78 Å². The predicted molar refractivity (Wildman–Crippen MR) is 68.7 cm³/mol. The van der Waals surface area contributed by atoms with Gasteiger partial charge in [0, 0.05) is 11.8 Å². The van der Waals surface area contributed by atoms with E-state index in [1.807, 2.05) is 6.08 Å². The number of rotatable bonds is 2. The third-order valence-electron chi connectivity index (χ3n) is 4.23. The number of allylic oxidation sites excluding steroid dienone is 3. The maximum atomic E-state index is 11.5. The Labute approximate surface area is 103 Å². The highest BCUT2D eigenvalue weighted by molar-refractivity contribution is 5.91. The molecule has 2 heteroatoms. The van der Waals surface area contributed by atoms with E-state index in [1.54, 1.807) is 0 Å². The normalized spacial score (nSPS) is 32.8. The van der Waals surface area contributed by atoms with Crippen LogP contribution in [0.2, 0.25) is 0 Å². The summed E-state index contributed by atoms with van der Waals surface area (Å²) >= 11 is 0. The second kappa shape index (κ2) is 4.77. The summed E-state index contributed by atoms with van der Waals surface area (Å²) in [5.74, 6) is 0.238. The molecule has 0 aliphatic heterocycles. The summed E-state index contributed by atoms with van der Waals surface area (Å²) in [6.07, 6.45) is 8.92. The maximum absolute atomic E-state index is 11.5. The van der Waals surface area contributed by atoms with E-state index in [4.69, 9.17) is 0 Å². The summed E-state index contributed by atoms with van der Waals surface area (Å²) in [4.78, 5) is 11.5. The van der Waals surface area contributed by atoms with Crippen molar-refractivity contribution < 1.29 is 9.90 Å². The van der Waals surface area contributed by atoms with E-state index in [2.05, 4.69) is 19.9 Å². The number of aliphatic hydroxyl groups is 1. The Morgan fingerprint density at radius 3 is 3.00 bits per heavy atom. The molecule has 0 aromatic heterocycles. The van der Waals surface area contributed by atoms with Crippen LogP contribution in [-0.4, -0.2) is 17.0 Å². The lowest BCUT2D eigenvalue weighted by Crippen LogP contribution is -2.42. The highest BCUT2D eigenvalue weighted by Crippen LogP contribution is 2.49. The zero-order valence-corrected chi connectivity index (χ0v) is 10.8. The van der Waals surface area contributed by atoms with Gasteiger partial charge in [0.25, 0.3) is 0 Å². The molecule has 0 amide bonds. The van der Waals surface area contributed by atoms with Gasteiger partial charge in [-0.15, -0.1) is 0 Å². The quantitative estimate of drug-likeness (QED) is 0.745. The van der Waals surface area contributed by atoms with Crippen LogP contribution in [0.1, 0.15) is 52.4 Å². The fraction of sp³-hybridized carbons (Fsp3) is 0.667. The van der Waals surface area contributed by atoms with E-state index < -0.39 is 0 Å². The summed E-state index contributed by atoms with van der Waals surface area (Å²) < 4.78 is 0. The van der Waals surface area contributed by atoms with Crippen molar-refractivity contribution in [2.24, 2.45) is 5.41 Å². The molecule has 17 heavy (non-hydrogen) atoms. The number of ketones is 1. The number of hydrogen-bond donors (Lipinski definition) is 1. The van der Waals surface area contributed by atoms with Crippen molar-refractivity contribution in [2.45, 2.75) is 58.5 Å². The van der Waals surface area contributed by atoms with Crippen LogP contribution < -0.4 is 0 Å². The molecule has 2 atom stereocenters. The molecule has 2 nitrogen and oxygen atoms in total. The van der Waals surface area contributed by atoms with Gasteiger partial charge >= 0.3 is 0 Å². The van der Waals surface area contributed by atoms with Gasteiger partial charge in [0.1, 0.15) is 0 Å². The molecule has 2 aliphatic rings. The van der Waals surface area contributed by atoms with Crippen molar-refractivity contribution in [1.29, 1.82) is 0 Å². The molecule has 0 aromatic rings. The van der Waals surface area contributed by atoms with Gasteiger partial charge in [-0.05, 0) is 52.0 Å². The molecule has 1 saturated carbocycles. The Kier molecular flexibility index (Phi) is 3.53. The minimum Gasteiger partial charge on any atom is -0.392 e. The van der Waals surface area contributed by atoms with Crippen LogP contribution in [0, 0.1) is 5.41 Å². The zero-order valence-electron chi connectivity index (χ0n) is 10.8. The lowest BCUT2D eigenvalue weighted by molar-refractivity contribution is -0.116. The smallest absolute Gasteiger partial charge is 0.155 e. The van der Waals surface area contributed by atoms with E-state index in [1.165, 1.54) is 11.1 Å². The standard InChI is InChI=1S/C15H22O2/c1-11(2)6-8-15-9-7-13(16)10-12(15)4-3-5-14(15)17/h6,10,14,17H,3-5,7-9H2,1-2H3/t14-,15-/m1/s1. The highest BCUT2D eigenvalue weighted by atomic mass is 16.3. The molecule has 94 valence electrons. The zero-order chi connectivity index (χ0) is 12.5. The van der Waals surface area contributed by atoms with Crippen LogP contribution in [0.15, 0.2) is 23.3 Å². The van der Waals surface area contributed by atoms with Gasteiger partial charge in [0.15, 0.2) is 5.78 Å². The average molecular weight is 234 g/mol. The minimum absolute atomic E-state index is 0.135. The Morgan fingerprint density at radius 1 is 1.53 bits per heavy atom. The highest BCUT2D eigenvalue weighted by Gasteiger charge is 2.44. The van der Waals surface area contributed by atoms with Gasteiger partial charge < -0.3 is 5.11 Å². The van der Waals surface area contributed by atoms with E-state index in [9.17, 15) is 9.90 Å². The Morgan fingerprint density at radius 2 is 2.29 bits per heavy atom. The molecule has 0 radical (unpaired) electrons. The molecular formula is C15H22O2. The second-order valence-corrected chi connectivity index (χ2v) is 5.69. The topological polar surface area (TPSA) is 37.3 Å². The van der Waals surface area contributed by atoms with Crippen LogP contribution in [0.4, 0.5) is 0 Å². The van der Waals surface area contributed by atoms with Crippen LogP contribution in [0.3, 0.4) is 0 Å². The second-order valence-electron chi connectivity index (χ2n) is 5.69. The maximum Gasteiger partial charge on any atom is 0.155 e. The fourth-order valence-electron chi connectivity index (χ4n) is 3.14. The Balaban J connectivity index is 2.32. The first-order chi connectivity index (χ1) is 8.04. The first-order valence-electron chi connectivity index (χ1n) is 6.60. The molecule has 0 bridgehead atoms. The fourth-order valence-corrected chi connectivity index (χ4v) is 3.14. The third-order valence-corrected chi connectivity index (χ3v) is 4.23. The summed E-state index contributed by atoms with van der Waals surface area (Å²) in [6.45, 7) is 4.17. The molecule has 1 N–H and O–H groups in total. The van der Waals surface area contributed by atoms with Crippen LogP contribution in [0.5, 0.6) is 0 Å². The number of carbonyl (C=O) groups excluding carboxylic acids is 1. The van der Waals surface area contributed by atoms with E-state index in [-0.39, 0.29) is 17.3 Å². The van der Waals surface area contributed by atoms with Crippen LogP contribution >= 0.6 is 0 Å². The third kappa shape index (κ3) is 2.37. The van der Waals surface area contributed by atoms with Gasteiger partial charge in [-0.1, -0.05) is 17.2 Å². The summed E-state index contributed by atoms with van der Waals surface area (Å²) in [5.41, 5.74) is 2.35. The van der Waals surface area contributed by atoms with Crippen LogP contribution in [0.25, 0.3) is 0 Å². The lowest BCUT2D eigenvalue weighted by Gasteiger charge is -2.45. The van der Waals surface area contributed by atoms with Crippen molar-refractivity contribution in [3.05, 3.63) is 23.3 Å². The van der Waals surface area contributed by atoms with Gasteiger partial charge in [0.2, 0.25) is 0 Å². The Bertz CT molecular complexity index is 374. The number of hydrogen-bond acceptors (Lipinski definition) is 2. The first-order valence-corrected chi connectivity index (χ1v) is 6.60. The van der Waals surface area contributed by atoms with Gasteiger partial charge in [0.05, 0.1) is 6.10 Å². The number of fused-ring (bicyclic) bond motifs is 1. The molecule has 2 aliphatic carbocycles. The van der Waals surface area contributed by atoms with Crippen molar-refractivity contribution in [1.82, 2.24) is 0 Å². The largest absolute Gasteiger partial charge is 0.392 e. The van der Waals surface area contributed by atoms with Crippen molar-refractivity contribution in [3.8, 4) is 0 Å². The number of aliphatic hydroxyl groups excluding tert-OH is 1. The van der Waals surface area contributed by atoms with Crippen molar-refractivity contribution in [2.75, 3.05) is 0 Å².